The van der Waals surface area contributed by atoms with E-state index in [9.17, 15) is 0 Å². The lowest BCUT2D eigenvalue weighted by Gasteiger charge is -2.09. The van der Waals surface area contributed by atoms with Crippen LogP contribution in [0.1, 0.15) is 22.5 Å². The third-order valence-corrected chi connectivity index (χ3v) is 3.81. The summed E-state index contributed by atoms with van der Waals surface area (Å²) in [5, 5.41) is 0.813. The summed E-state index contributed by atoms with van der Waals surface area (Å²) in [7, 11) is 1.66. The van der Waals surface area contributed by atoms with E-state index < -0.39 is 0 Å². The van der Waals surface area contributed by atoms with Gasteiger partial charge in [-0.25, -0.2) is 9.97 Å². The summed E-state index contributed by atoms with van der Waals surface area (Å²) in [5.41, 5.74) is 9.94. The molecule has 5 heteroatoms. The van der Waals surface area contributed by atoms with E-state index >= 15 is 0 Å². The van der Waals surface area contributed by atoms with E-state index in [1.807, 2.05) is 32.0 Å². The van der Waals surface area contributed by atoms with Crippen LogP contribution in [0.3, 0.4) is 0 Å². The largest absolute Gasteiger partial charge is 0.496 e. The van der Waals surface area contributed by atoms with E-state index in [0.29, 0.717) is 6.54 Å². The van der Waals surface area contributed by atoms with Gasteiger partial charge < -0.3 is 10.5 Å². The third kappa shape index (κ3) is 3.71. The highest BCUT2D eigenvalue weighted by atomic mass is 32.2. The Kier molecular flexibility index (Phi) is 4.98. The number of nitrogens with zero attached hydrogens (tertiary/aromatic N) is 2. The summed E-state index contributed by atoms with van der Waals surface area (Å²) in [4.78, 5) is 8.86. The van der Waals surface area contributed by atoms with Crippen molar-refractivity contribution in [2.75, 3.05) is 7.11 Å². The highest BCUT2D eigenvalue weighted by Crippen LogP contribution is 2.24. The molecule has 0 saturated heterocycles. The van der Waals surface area contributed by atoms with Crippen molar-refractivity contribution in [3.8, 4) is 5.75 Å². The van der Waals surface area contributed by atoms with Crippen LogP contribution in [0, 0.1) is 13.8 Å². The zero-order valence-corrected chi connectivity index (χ0v) is 12.8. The average molecular weight is 289 g/mol. The van der Waals surface area contributed by atoms with Gasteiger partial charge in [0.2, 0.25) is 0 Å². The molecule has 2 rings (SSSR count). The summed E-state index contributed by atoms with van der Waals surface area (Å²) in [5.74, 6) is 1.66. The maximum atomic E-state index is 5.73. The minimum Gasteiger partial charge on any atom is -0.496 e. The highest BCUT2D eigenvalue weighted by Gasteiger charge is 2.05. The lowest BCUT2D eigenvalue weighted by molar-refractivity contribution is 0.409. The number of thioether (sulfide) groups is 1. The second-order valence-corrected chi connectivity index (χ2v) is 5.51. The molecule has 4 nitrogen and oxygen atoms in total. The van der Waals surface area contributed by atoms with Crippen LogP contribution in [0.4, 0.5) is 0 Å². The first-order valence-electron chi connectivity index (χ1n) is 6.43. The molecule has 0 aliphatic rings. The SMILES string of the molecule is COc1ccc(CSc2nc(C)cc(C)n2)cc1CN. The maximum Gasteiger partial charge on any atom is 0.188 e. The molecule has 106 valence electrons. The van der Waals surface area contributed by atoms with Crippen molar-refractivity contribution >= 4 is 11.8 Å². The molecule has 0 atom stereocenters. The number of rotatable bonds is 5. The molecule has 0 unspecified atom stereocenters. The quantitative estimate of drug-likeness (QED) is 0.677. The summed E-state index contributed by atoms with van der Waals surface area (Å²) in [6.07, 6.45) is 0. The van der Waals surface area contributed by atoms with E-state index in [1.165, 1.54) is 5.56 Å². The second-order valence-electron chi connectivity index (χ2n) is 4.57. The van der Waals surface area contributed by atoms with Gasteiger partial charge >= 0.3 is 0 Å². The summed E-state index contributed by atoms with van der Waals surface area (Å²) in [6.45, 7) is 4.44. The number of ether oxygens (including phenoxy) is 1. The predicted octanol–water partition coefficient (Wildman–Crippen LogP) is 2.85. The Labute approximate surface area is 123 Å². The molecule has 1 aromatic carbocycles. The normalized spacial score (nSPS) is 10.6. The van der Waals surface area contributed by atoms with E-state index in [1.54, 1.807) is 18.9 Å². The van der Waals surface area contributed by atoms with Gasteiger partial charge in [-0.15, -0.1) is 0 Å². The maximum absolute atomic E-state index is 5.73. The van der Waals surface area contributed by atoms with Crippen molar-refractivity contribution in [2.45, 2.75) is 31.3 Å². The molecular weight excluding hydrogens is 270 g/mol. The molecule has 2 aromatic rings. The summed E-state index contributed by atoms with van der Waals surface area (Å²) >= 11 is 1.63. The van der Waals surface area contributed by atoms with E-state index in [-0.39, 0.29) is 0 Å². The van der Waals surface area contributed by atoms with Crippen molar-refractivity contribution in [1.82, 2.24) is 9.97 Å². The number of benzene rings is 1. The van der Waals surface area contributed by atoms with Gasteiger partial charge in [-0.05, 0) is 37.6 Å². The molecule has 1 heterocycles. The lowest BCUT2D eigenvalue weighted by atomic mass is 10.1. The Morgan fingerprint density at radius 2 is 1.85 bits per heavy atom. The van der Waals surface area contributed by atoms with Gasteiger partial charge in [0.05, 0.1) is 7.11 Å². The van der Waals surface area contributed by atoms with Crippen molar-refractivity contribution in [1.29, 1.82) is 0 Å². The number of hydrogen-bond donors (Lipinski definition) is 1. The topological polar surface area (TPSA) is 61.0 Å². The standard InChI is InChI=1S/C15H19N3OS/c1-10-6-11(2)18-15(17-10)20-9-12-4-5-14(19-3)13(7-12)8-16/h4-7H,8-9,16H2,1-3H3. The fraction of sp³-hybridized carbons (Fsp3) is 0.333. The Hall–Kier alpha value is -1.59. The Morgan fingerprint density at radius 3 is 2.45 bits per heavy atom. The van der Waals surface area contributed by atoms with Crippen molar-refractivity contribution in [3.63, 3.8) is 0 Å². The number of aryl methyl sites for hydroxylation is 2. The molecule has 20 heavy (non-hydrogen) atoms. The van der Waals surface area contributed by atoms with Crippen molar-refractivity contribution < 1.29 is 4.74 Å². The monoisotopic (exact) mass is 289 g/mol. The van der Waals surface area contributed by atoms with Crippen LogP contribution in [0.15, 0.2) is 29.4 Å². The van der Waals surface area contributed by atoms with Gasteiger partial charge in [0.15, 0.2) is 5.16 Å². The minimum atomic E-state index is 0.474. The highest BCUT2D eigenvalue weighted by molar-refractivity contribution is 7.98. The van der Waals surface area contributed by atoms with Crippen LogP contribution in [0.2, 0.25) is 0 Å². The molecule has 0 aliphatic heterocycles. The van der Waals surface area contributed by atoms with Crippen molar-refractivity contribution in [3.05, 3.63) is 46.8 Å². The minimum absolute atomic E-state index is 0.474. The molecule has 1 aromatic heterocycles. The summed E-state index contributed by atoms with van der Waals surface area (Å²) < 4.78 is 5.27. The van der Waals surface area contributed by atoms with E-state index in [4.69, 9.17) is 10.5 Å². The molecule has 0 fully saturated rings. The Morgan fingerprint density at radius 1 is 1.15 bits per heavy atom. The zero-order chi connectivity index (χ0) is 14.5. The molecule has 0 aliphatic carbocycles. The van der Waals surface area contributed by atoms with Crippen LogP contribution in [-0.2, 0) is 12.3 Å². The van der Waals surface area contributed by atoms with Gasteiger partial charge in [0, 0.05) is 29.2 Å². The fourth-order valence-corrected chi connectivity index (χ4v) is 2.88. The zero-order valence-electron chi connectivity index (χ0n) is 12.0. The molecule has 2 N–H and O–H groups in total. The number of aromatic nitrogens is 2. The van der Waals surface area contributed by atoms with Crippen LogP contribution in [0.25, 0.3) is 0 Å². The smallest absolute Gasteiger partial charge is 0.188 e. The van der Waals surface area contributed by atoms with Gasteiger partial charge in [-0.2, -0.15) is 0 Å². The average Bonchev–Trinajstić information content (AvgIpc) is 2.43. The molecule has 0 bridgehead atoms. The third-order valence-electron chi connectivity index (χ3n) is 2.89. The first kappa shape index (κ1) is 14.8. The first-order valence-corrected chi connectivity index (χ1v) is 7.42. The lowest BCUT2D eigenvalue weighted by Crippen LogP contribution is -2.01. The van der Waals surface area contributed by atoms with Crippen LogP contribution >= 0.6 is 11.8 Å². The first-order chi connectivity index (χ1) is 9.62. The molecule has 0 radical (unpaired) electrons. The number of methoxy groups -OCH3 is 1. The Bertz CT molecular complexity index is 581. The molecule has 0 spiro atoms. The predicted molar refractivity (Wildman–Crippen MR) is 82.0 cm³/mol. The van der Waals surface area contributed by atoms with E-state index in [0.717, 1.165) is 33.6 Å². The number of hydrogen-bond acceptors (Lipinski definition) is 5. The van der Waals surface area contributed by atoms with Crippen LogP contribution < -0.4 is 10.5 Å². The molecular formula is C15H19N3OS. The fourth-order valence-electron chi connectivity index (χ4n) is 1.99. The van der Waals surface area contributed by atoms with Crippen LogP contribution in [-0.4, -0.2) is 17.1 Å². The van der Waals surface area contributed by atoms with Crippen molar-refractivity contribution in [2.24, 2.45) is 5.73 Å². The van der Waals surface area contributed by atoms with Gasteiger partial charge in [-0.3, -0.25) is 0 Å². The van der Waals surface area contributed by atoms with Gasteiger partial charge in [0.1, 0.15) is 5.75 Å². The van der Waals surface area contributed by atoms with Crippen LogP contribution in [0.5, 0.6) is 5.75 Å². The van der Waals surface area contributed by atoms with E-state index in [2.05, 4.69) is 16.0 Å². The summed E-state index contributed by atoms with van der Waals surface area (Å²) in [6, 6.07) is 8.06. The molecule has 0 amide bonds. The second kappa shape index (κ2) is 6.72. The number of nitrogens with two attached hydrogens (primary N) is 1. The molecule has 0 saturated carbocycles. The Balaban J connectivity index is 2.10. The van der Waals surface area contributed by atoms with Gasteiger partial charge in [-0.1, -0.05) is 17.8 Å². The van der Waals surface area contributed by atoms with Gasteiger partial charge in [0.25, 0.3) is 0 Å².